The molecule has 94 valence electrons. The summed E-state index contributed by atoms with van der Waals surface area (Å²) in [5.41, 5.74) is 3.62. The van der Waals surface area contributed by atoms with E-state index in [1.165, 1.54) is 43.1 Å². The van der Waals surface area contributed by atoms with Crippen LogP contribution in [0.4, 0.5) is 0 Å². The highest BCUT2D eigenvalue weighted by atomic mass is 16.5. The molecule has 1 unspecified atom stereocenters. The third kappa shape index (κ3) is 1.94. The fraction of sp³-hybridized carbons (Fsp3) is 0.667. The van der Waals surface area contributed by atoms with Crippen LogP contribution in [0.1, 0.15) is 46.5 Å². The van der Waals surface area contributed by atoms with Gasteiger partial charge in [-0.3, -0.25) is 4.79 Å². The van der Waals surface area contributed by atoms with E-state index in [1.54, 1.807) is 0 Å². The zero-order valence-corrected chi connectivity index (χ0v) is 11.3. The molecule has 2 aliphatic carbocycles. The molecule has 0 heterocycles. The first-order valence-electron chi connectivity index (χ1n) is 6.48. The first kappa shape index (κ1) is 12.4. The van der Waals surface area contributed by atoms with E-state index < -0.39 is 5.41 Å². The lowest BCUT2D eigenvalue weighted by Crippen LogP contribution is -2.28. The monoisotopic (exact) mass is 234 g/mol. The van der Waals surface area contributed by atoms with Crippen molar-refractivity contribution in [2.24, 2.45) is 11.3 Å². The Hall–Kier alpha value is -1.05. The van der Waals surface area contributed by atoms with Gasteiger partial charge in [0, 0.05) is 5.92 Å². The summed E-state index contributed by atoms with van der Waals surface area (Å²) < 4.78 is 4.94. The minimum absolute atomic E-state index is 0.129. The Balaban J connectivity index is 2.40. The number of hydrogen-bond acceptors (Lipinski definition) is 2. The molecule has 2 heteroatoms. The van der Waals surface area contributed by atoms with Crippen LogP contribution in [-0.2, 0) is 9.53 Å². The number of carbonyl (C=O) groups excluding carboxylic acids is 1. The van der Waals surface area contributed by atoms with Crippen molar-refractivity contribution in [1.29, 1.82) is 0 Å². The van der Waals surface area contributed by atoms with E-state index in [0.717, 1.165) is 6.42 Å². The van der Waals surface area contributed by atoms with Crippen molar-refractivity contribution >= 4 is 5.97 Å². The topological polar surface area (TPSA) is 26.3 Å². The van der Waals surface area contributed by atoms with Crippen LogP contribution < -0.4 is 0 Å². The van der Waals surface area contributed by atoms with Crippen molar-refractivity contribution < 1.29 is 9.53 Å². The molecule has 2 aliphatic rings. The molecule has 0 aromatic heterocycles. The predicted molar refractivity (Wildman–Crippen MR) is 68.5 cm³/mol. The molecule has 0 bridgehead atoms. The Morgan fingerprint density at radius 1 is 1.41 bits per heavy atom. The maximum absolute atomic E-state index is 11.9. The lowest BCUT2D eigenvalue weighted by molar-refractivity contribution is -0.148. The molecule has 0 radical (unpaired) electrons. The van der Waals surface area contributed by atoms with Crippen LogP contribution in [0.5, 0.6) is 0 Å². The molecule has 0 N–H and O–H groups in total. The summed E-state index contributed by atoms with van der Waals surface area (Å²) in [7, 11) is 1.47. The van der Waals surface area contributed by atoms with E-state index in [2.05, 4.69) is 13.0 Å². The Morgan fingerprint density at radius 3 is 2.76 bits per heavy atom. The van der Waals surface area contributed by atoms with Gasteiger partial charge in [-0.2, -0.15) is 0 Å². The first-order chi connectivity index (χ1) is 7.98. The van der Waals surface area contributed by atoms with Crippen LogP contribution >= 0.6 is 0 Å². The summed E-state index contributed by atoms with van der Waals surface area (Å²) in [6.07, 6.45) is 7.19. The van der Waals surface area contributed by atoms with Gasteiger partial charge in [-0.25, -0.2) is 0 Å². The van der Waals surface area contributed by atoms with Crippen LogP contribution in [-0.4, -0.2) is 13.1 Å². The largest absolute Gasteiger partial charge is 0.468 e. The van der Waals surface area contributed by atoms with Gasteiger partial charge >= 0.3 is 5.97 Å². The second-order valence-corrected chi connectivity index (χ2v) is 5.74. The lowest BCUT2D eigenvalue weighted by Gasteiger charge is -2.28. The van der Waals surface area contributed by atoms with E-state index in [0.29, 0.717) is 5.92 Å². The summed E-state index contributed by atoms with van der Waals surface area (Å²) in [6.45, 7) is 6.14. The summed E-state index contributed by atoms with van der Waals surface area (Å²) >= 11 is 0. The minimum atomic E-state index is -0.503. The van der Waals surface area contributed by atoms with Gasteiger partial charge in [-0.05, 0) is 45.6 Å². The molecule has 2 rings (SSSR count). The van der Waals surface area contributed by atoms with Gasteiger partial charge in [-0.15, -0.1) is 0 Å². The van der Waals surface area contributed by atoms with Crippen molar-refractivity contribution in [3.63, 3.8) is 0 Å². The third-order valence-electron chi connectivity index (χ3n) is 4.25. The van der Waals surface area contributed by atoms with Gasteiger partial charge in [0.15, 0.2) is 0 Å². The van der Waals surface area contributed by atoms with Crippen LogP contribution in [0.3, 0.4) is 0 Å². The number of fused-ring (bicyclic) bond motifs is 1. The average Bonchev–Trinajstić information content (AvgIpc) is 2.67. The van der Waals surface area contributed by atoms with Crippen LogP contribution in [0.25, 0.3) is 0 Å². The highest BCUT2D eigenvalue weighted by Gasteiger charge is 2.39. The van der Waals surface area contributed by atoms with Crippen LogP contribution in [0.2, 0.25) is 0 Å². The second-order valence-electron chi connectivity index (χ2n) is 5.74. The van der Waals surface area contributed by atoms with Crippen molar-refractivity contribution in [3.8, 4) is 0 Å². The summed E-state index contributed by atoms with van der Waals surface area (Å²) in [6, 6.07) is 0. The van der Waals surface area contributed by atoms with Gasteiger partial charge in [0.1, 0.15) is 0 Å². The highest BCUT2D eigenvalue weighted by Crippen LogP contribution is 2.47. The number of rotatable bonds is 2. The summed E-state index contributed by atoms with van der Waals surface area (Å²) in [5, 5.41) is 0. The van der Waals surface area contributed by atoms with Gasteiger partial charge in [0.2, 0.25) is 0 Å². The molecule has 0 spiro atoms. The Kier molecular flexibility index (Phi) is 3.15. The van der Waals surface area contributed by atoms with Gasteiger partial charge < -0.3 is 4.74 Å². The third-order valence-corrected chi connectivity index (χ3v) is 4.25. The number of carbonyl (C=O) groups is 1. The SMILES string of the molecule is COC(=O)C(C)(C)C1=C2CCCCC2C(C)=C1. The summed E-state index contributed by atoms with van der Waals surface area (Å²) in [4.78, 5) is 11.9. The maximum Gasteiger partial charge on any atom is 0.315 e. The maximum atomic E-state index is 11.9. The minimum Gasteiger partial charge on any atom is -0.468 e. The first-order valence-corrected chi connectivity index (χ1v) is 6.48. The fourth-order valence-corrected chi connectivity index (χ4v) is 3.21. The molecule has 1 saturated carbocycles. The van der Waals surface area contributed by atoms with Crippen molar-refractivity contribution in [2.75, 3.05) is 7.11 Å². The molecule has 2 nitrogen and oxygen atoms in total. The Morgan fingerprint density at radius 2 is 2.12 bits per heavy atom. The van der Waals surface area contributed by atoms with Crippen LogP contribution in [0.15, 0.2) is 22.8 Å². The summed E-state index contributed by atoms with van der Waals surface area (Å²) in [5.74, 6) is 0.470. The number of esters is 1. The Labute approximate surface area is 104 Å². The standard InChI is InChI=1S/C15H22O2/c1-10-9-13(15(2,3)14(16)17-4)12-8-6-5-7-11(10)12/h9,11H,5-8H2,1-4H3. The van der Waals surface area contributed by atoms with E-state index in [4.69, 9.17) is 4.74 Å². The quantitative estimate of drug-likeness (QED) is 0.682. The molecule has 0 amide bonds. The highest BCUT2D eigenvalue weighted by molar-refractivity contribution is 5.81. The fourth-order valence-electron chi connectivity index (χ4n) is 3.21. The lowest BCUT2D eigenvalue weighted by atomic mass is 9.77. The molecule has 1 fully saturated rings. The zero-order chi connectivity index (χ0) is 12.6. The number of methoxy groups -OCH3 is 1. The molecule has 0 aromatic carbocycles. The molecule has 1 atom stereocenters. The van der Waals surface area contributed by atoms with E-state index in [-0.39, 0.29) is 5.97 Å². The second kappa shape index (κ2) is 4.32. The molecule has 0 aliphatic heterocycles. The molecule has 0 aromatic rings. The molecular formula is C15H22O2. The molecule has 17 heavy (non-hydrogen) atoms. The Bertz CT molecular complexity index is 399. The van der Waals surface area contributed by atoms with Crippen molar-refractivity contribution in [1.82, 2.24) is 0 Å². The van der Waals surface area contributed by atoms with E-state index in [1.807, 2.05) is 13.8 Å². The predicted octanol–water partition coefficient (Wildman–Crippen LogP) is 3.63. The molecular weight excluding hydrogens is 212 g/mol. The molecule has 0 saturated heterocycles. The van der Waals surface area contributed by atoms with Crippen molar-refractivity contribution in [3.05, 3.63) is 22.8 Å². The number of allylic oxidation sites excluding steroid dienone is 3. The van der Waals surface area contributed by atoms with Crippen molar-refractivity contribution in [2.45, 2.75) is 46.5 Å². The van der Waals surface area contributed by atoms with Crippen LogP contribution in [0, 0.1) is 11.3 Å². The van der Waals surface area contributed by atoms with Gasteiger partial charge in [0.05, 0.1) is 12.5 Å². The van der Waals surface area contributed by atoms with Gasteiger partial charge in [-0.1, -0.05) is 23.6 Å². The average molecular weight is 234 g/mol. The normalized spacial score (nSPS) is 24.5. The van der Waals surface area contributed by atoms with E-state index >= 15 is 0 Å². The number of hydrogen-bond donors (Lipinski definition) is 0. The smallest absolute Gasteiger partial charge is 0.315 e. The number of ether oxygens (including phenoxy) is 1. The zero-order valence-electron chi connectivity index (χ0n) is 11.3. The van der Waals surface area contributed by atoms with Gasteiger partial charge in [0.25, 0.3) is 0 Å². The van der Waals surface area contributed by atoms with E-state index in [9.17, 15) is 4.79 Å².